The molecule has 1 fully saturated rings. The maximum Gasteiger partial charge on any atom is 0.230 e. The van der Waals surface area contributed by atoms with Crippen molar-refractivity contribution in [3.05, 3.63) is 0 Å². The highest BCUT2D eigenvalue weighted by atomic mass is 16.5. The van der Waals surface area contributed by atoms with Crippen molar-refractivity contribution in [2.24, 2.45) is 22.7 Å². The van der Waals surface area contributed by atoms with Crippen molar-refractivity contribution in [3.63, 3.8) is 0 Å². The van der Waals surface area contributed by atoms with Crippen LogP contribution in [0.25, 0.3) is 0 Å². The molecule has 98 valence electrons. The fraction of sp³-hybridized carbons (Fsp3) is 0.818. The minimum absolute atomic E-state index is 0.0764. The van der Waals surface area contributed by atoms with E-state index < -0.39 is 5.92 Å². The normalized spacial score (nSPS) is 17.8. The largest absolute Gasteiger partial charge is 0.409 e. The first-order chi connectivity index (χ1) is 8.15. The molecule has 1 unspecified atom stereocenters. The summed E-state index contributed by atoms with van der Waals surface area (Å²) in [4.78, 5) is 11.5. The molecule has 1 rings (SSSR count). The zero-order valence-corrected chi connectivity index (χ0v) is 10.2. The van der Waals surface area contributed by atoms with E-state index in [1.807, 2.05) is 0 Å². The Kier molecular flexibility index (Phi) is 5.76. The summed E-state index contributed by atoms with van der Waals surface area (Å²) in [6, 6.07) is 0. The molecule has 6 nitrogen and oxygen atoms in total. The van der Waals surface area contributed by atoms with E-state index in [-0.39, 0.29) is 11.7 Å². The van der Waals surface area contributed by atoms with Crippen molar-refractivity contribution in [3.8, 4) is 0 Å². The zero-order valence-electron chi connectivity index (χ0n) is 10.2. The summed E-state index contributed by atoms with van der Waals surface area (Å²) in [6.07, 6.45) is 3.35. The lowest BCUT2D eigenvalue weighted by Gasteiger charge is -2.10. The summed E-state index contributed by atoms with van der Waals surface area (Å²) in [6.45, 7) is 3.64. The molecule has 17 heavy (non-hydrogen) atoms. The molecule has 0 radical (unpaired) electrons. The third kappa shape index (κ3) is 5.53. The van der Waals surface area contributed by atoms with Crippen LogP contribution in [-0.2, 0) is 9.53 Å². The van der Waals surface area contributed by atoms with Gasteiger partial charge in [-0.25, -0.2) is 0 Å². The molecular formula is C11H21N3O3. The number of hydrogen-bond acceptors (Lipinski definition) is 4. The number of ether oxygens (including phenoxy) is 1. The number of rotatable bonds is 8. The van der Waals surface area contributed by atoms with Gasteiger partial charge in [0.15, 0.2) is 5.84 Å². The molecule has 0 aliphatic heterocycles. The van der Waals surface area contributed by atoms with Gasteiger partial charge in [0.25, 0.3) is 0 Å². The molecule has 0 spiro atoms. The number of nitrogens with two attached hydrogens (primary N) is 1. The number of hydrogen-bond donors (Lipinski definition) is 3. The van der Waals surface area contributed by atoms with Crippen molar-refractivity contribution in [2.75, 3.05) is 19.8 Å². The number of carbonyl (C=O) groups excluding carboxylic acids is 1. The van der Waals surface area contributed by atoms with Gasteiger partial charge in [-0.1, -0.05) is 5.16 Å². The molecule has 0 bridgehead atoms. The molecule has 0 aromatic carbocycles. The number of nitrogens with zero attached hydrogens (tertiary/aromatic N) is 1. The molecule has 1 saturated carbocycles. The lowest BCUT2D eigenvalue weighted by molar-refractivity contribution is -0.122. The Morgan fingerprint density at radius 1 is 1.65 bits per heavy atom. The van der Waals surface area contributed by atoms with Crippen LogP contribution in [0.4, 0.5) is 0 Å². The maximum absolute atomic E-state index is 11.5. The molecule has 0 aromatic rings. The number of amidine groups is 1. The Morgan fingerprint density at radius 3 is 2.94 bits per heavy atom. The predicted molar refractivity (Wildman–Crippen MR) is 63.7 cm³/mol. The second kappa shape index (κ2) is 7.11. The van der Waals surface area contributed by atoms with Crippen LogP contribution in [0.1, 0.15) is 26.2 Å². The molecule has 0 heterocycles. The molecule has 1 aliphatic rings. The van der Waals surface area contributed by atoms with Gasteiger partial charge in [0, 0.05) is 19.8 Å². The van der Waals surface area contributed by atoms with Gasteiger partial charge in [0.2, 0.25) is 5.91 Å². The van der Waals surface area contributed by atoms with Crippen molar-refractivity contribution in [1.29, 1.82) is 0 Å². The highest BCUT2D eigenvalue weighted by Crippen LogP contribution is 2.28. The van der Waals surface area contributed by atoms with Crippen molar-refractivity contribution >= 4 is 11.7 Å². The second-order valence-electron chi connectivity index (χ2n) is 4.41. The van der Waals surface area contributed by atoms with E-state index in [2.05, 4.69) is 10.5 Å². The molecule has 1 amide bonds. The first kappa shape index (κ1) is 13.8. The van der Waals surface area contributed by atoms with Gasteiger partial charge in [0.05, 0.1) is 5.92 Å². The Balaban J connectivity index is 1.98. The summed E-state index contributed by atoms with van der Waals surface area (Å²) in [7, 11) is 0. The summed E-state index contributed by atoms with van der Waals surface area (Å²) in [5, 5.41) is 13.9. The van der Waals surface area contributed by atoms with Crippen molar-refractivity contribution < 1.29 is 14.7 Å². The standard InChI is InChI=1S/C11H21N3O3/c1-8(10(12)14-16)11(15)13-5-2-6-17-7-9-3-4-9/h8-9,16H,2-7H2,1H3,(H2,12,14)(H,13,15). The lowest BCUT2D eigenvalue weighted by Crippen LogP contribution is -2.37. The van der Waals surface area contributed by atoms with Crippen LogP contribution < -0.4 is 11.1 Å². The minimum Gasteiger partial charge on any atom is -0.409 e. The number of nitrogens with one attached hydrogen (secondary N) is 1. The topological polar surface area (TPSA) is 96.9 Å². The average Bonchev–Trinajstić information content (AvgIpc) is 3.15. The lowest BCUT2D eigenvalue weighted by atomic mass is 10.1. The van der Waals surface area contributed by atoms with Crippen LogP contribution in [0.5, 0.6) is 0 Å². The highest BCUT2D eigenvalue weighted by molar-refractivity contribution is 6.01. The van der Waals surface area contributed by atoms with Gasteiger partial charge in [-0.15, -0.1) is 0 Å². The Bertz CT molecular complexity index is 277. The SMILES string of the molecule is CC(C(=O)NCCCOCC1CC1)C(N)=NO. The summed E-state index contributed by atoms with van der Waals surface area (Å²) >= 11 is 0. The molecule has 1 atom stereocenters. The maximum atomic E-state index is 11.5. The van der Waals surface area contributed by atoms with Crippen molar-refractivity contribution in [2.45, 2.75) is 26.2 Å². The van der Waals surface area contributed by atoms with E-state index in [0.29, 0.717) is 13.2 Å². The minimum atomic E-state index is -0.604. The monoisotopic (exact) mass is 243 g/mol. The van der Waals surface area contributed by atoms with Gasteiger partial charge in [-0.2, -0.15) is 0 Å². The quantitative estimate of drug-likeness (QED) is 0.188. The smallest absolute Gasteiger partial charge is 0.230 e. The van der Waals surface area contributed by atoms with Crippen LogP contribution in [0.15, 0.2) is 5.16 Å². The molecule has 6 heteroatoms. The van der Waals surface area contributed by atoms with E-state index in [0.717, 1.165) is 18.9 Å². The molecular weight excluding hydrogens is 222 g/mol. The molecule has 4 N–H and O–H groups in total. The van der Waals surface area contributed by atoms with Crippen LogP contribution in [0.3, 0.4) is 0 Å². The average molecular weight is 243 g/mol. The van der Waals surface area contributed by atoms with Gasteiger partial charge < -0.3 is 21.0 Å². The molecule has 1 aliphatic carbocycles. The first-order valence-electron chi connectivity index (χ1n) is 5.98. The fourth-order valence-corrected chi connectivity index (χ4v) is 1.29. The Hall–Kier alpha value is -1.30. The first-order valence-corrected chi connectivity index (χ1v) is 5.98. The van der Waals surface area contributed by atoms with Crippen LogP contribution in [-0.4, -0.2) is 36.7 Å². The third-order valence-electron chi connectivity index (χ3n) is 2.77. The molecule has 0 aromatic heterocycles. The second-order valence-corrected chi connectivity index (χ2v) is 4.41. The summed E-state index contributed by atoms with van der Waals surface area (Å²) in [5.41, 5.74) is 5.32. The highest BCUT2D eigenvalue weighted by Gasteiger charge is 2.21. The summed E-state index contributed by atoms with van der Waals surface area (Å²) < 4.78 is 5.43. The van der Waals surface area contributed by atoms with E-state index in [1.54, 1.807) is 6.92 Å². The predicted octanol–water partition coefficient (Wildman–Crippen LogP) is 0.302. The van der Waals surface area contributed by atoms with E-state index >= 15 is 0 Å². The van der Waals surface area contributed by atoms with Crippen molar-refractivity contribution in [1.82, 2.24) is 5.32 Å². The number of oxime groups is 1. The molecule has 0 saturated heterocycles. The number of carbonyl (C=O) groups is 1. The van der Waals surface area contributed by atoms with E-state index in [4.69, 9.17) is 15.7 Å². The fourth-order valence-electron chi connectivity index (χ4n) is 1.29. The van der Waals surface area contributed by atoms with Crippen LogP contribution in [0, 0.1) is 11.8 Å². The van der Waals surface area contributed by atoms with Gasteiger partial charge >= 0.3 is 0 Å². The van der Waals surface area contributed by atoms with E-state index in [9.17, 15) is 4.79 Å². The van der Waals surface area contributed by atoms with Crippen LogP contribution in [0.2, 0.25) is 0 Å². The van der Waals surface area contributed by atoms with Gasteiger partial charge in [-0.3, -0.25) is 4.79 Å². The Morgan fingerprint density at radius 2 is 2.35 bits per heavy atom. The van der Waals surface area contributed by atoms with Crippen LogP contribution >= 0.6 is 0 Å². The summed E-state index contributed by atoms with van der Waals surface area (Å²) in [5.74, 6) is -0.146. The van der Waals surface area contributed by atoms with E-state index in [1.165, 1.54) is 12.8 Å². The van der Waals surface area contributed by atoms with Gasteiger partial charge in [-0.05, 0) is 32.1 Å². The Labute approximate surface area is 101 Å². The number of amides is 1. The van der Waals surface area contributed by atoms with Gasteiger partial charge in [0.1, 0.15) is 0 Å². The third-order valence-corrected chi connectivity index (χ3v) is 2.77. The zero-order chi connectivity index (χ0) is 12.7.